The quantitative estimate of drug-likeness (QED) is 0.632. The van der Waals surface area contributed by atoms with Gasteiger partial charge >= 0.3 is 5.88 Å². The molecule has 0 saturated carbocycles. The first-order valence-electron chi connectivity index (χ1n) is 5.05. The van der Waals surface area contributed by atoms with Gasteiger partial charge in [-0.15, -0.1) is 0 Å². The molecule has 1 aromatic rings. The van der Waals surface area contributed by atoms with E-state index in [4.69, 9.17) is 10.2 Å². The highest BCUT2D eigenvalue weighted by molar-refractivity contribution is 8.07. The van der Waals surface area contributed by atoms with Crippen LogP contribution in [0.4, 0.5) is 5.88 Å². The molecule has 96 valence electrons. The van der Waals surface area contributed by atoms with E-state index in [1.165, 1.54) is 23.9 Å². The van der Waals surface area contributed by atoms with E-state index in [2.05, 4.69) is 5.32 Å². The SMILES string of the molecule is CN(C)C=C1NC(c2ccc([N+](=O)[O-])o2)=C(N)S1. The van der Waals surface area contributed by atoms with Gasteiger partial charge < -0.3 is 20.4 Å². The minimum atomic E-state index is -0.584. The molecule has 3 N–H and O–H groups in total. The molecular formula is C10H12N4O3S. The number of hydrogen-bond acceptors (Lipinski definition) is 7. The van der Waals surface area contributed by atoms with Gasteiger partial charge in [0.05, 0.1) is 16.1 Å². The van der Waals surface area contributed by atoms with Crippen LogP contribution in [0.1, 0.15) is 5.76 Å². The van der Waals surface area contributed by atoms with Gasteiger partial charge in [-0.2, -0.15) is 0 Å². The summed E-state index contributed by atoms with van der Waals surface area (Å²) in [6, 6.07) is 2.82. The zero-order valence-electron chi connectivity index (χ0n) is 9.84. The summed E-state index contributed by atoms with van der Waals surface area (Å²) in [5.41, 5.74) is 6.41. The Labute approximate surface area is 107 Å². The number of hydrogen-bond donors (Lipinski definition) is 2. The van der Waals surface area contributed by atoms with Crippen molar-refractivity contribution in [1.29, 1.82) is 0 Å². The van der Waals surface area contributed by atoms with E-state index in [1.807, 2.05) is 25.2 Å². The second-order valence-corrected chi connectivity index (χ2v) is 4.90. The predicted molar refractivity (Wildman–Crippen MR) is 69.0 cm³/mol. The van der Waals surface area contributed by atoms with Crippen LogP contribution in [0.15, 0.2) is 32.8 Å². The first kappa shape index (κ1) is 12.4. The third-order valence-corrected chi connectivity index (χ3v) is 2.96. The van der Waals surface area contributed by atoms with E-state index in [1.54, 1.807) is 0 Å². The Morgan fingerprint density at radius 1 is 1.56 bits per heavy atom. The van der Waals surface area contributed by atoms with E-state index in [0.717, 1.165) is 5.03 Å². The van der Waals surface area contributed by atoms with Gasteiger partial charge in [-0.1, -0.05) is 11.8 Å². The van der Waals surface area contributed by atoms with Gasteiger partial charge in [0, 0.05) is 20.3 Å². The molecule has 2 heterocycles. The van der Waals surface area contributed by atoms with Crippen LogP contribution in [0.3, 0.4) is 0 Å². The second-order valence-electron chi connectivity index (χ2n) is 3.82. The van der Waals surface area contributed by atoms with Gasteiger partial charge in [0.25, 0.3) is 0 Å². The molecule has 0 spiro atoms. The molecule has 0 saturated heterocycles. The fraction of sp³-hybridized carbons (Fsp3) is 0.200. The van der Waals surface area contributed by atoms with Gasteiger partial charge in [-0.05, 0) is 6.07 Å². The predicted octanol–water partition coefficient (Wildman–Crippen LogP) is 1.47. The summed E-state index contributed by atoms with van der Waals surface area (Å²) in [4.78, 5) is 11.8. The first-order valence-corrected chi connectivity index (χ1v) is 5.86. The first-order chi connectivity index (χ1) is 8.47. The van der Waals surface area contributed by atoms with Crippen LogP contribution in [-0.4, -0.2) is 23.9 Å². The number of nitro groups is 1. The zero-order chi connectivity index (χ0) is 13.3. The highest BCUT2D eigenvalue weighted by Crippen LogP contribution is 2.35. The Balaban J connectivity index is 2.23. The summed E-state index contributed by atoms with van der Waals surface area (Å²) in [7, 11) is 3.78. The topological polar surface area (TPSA) is 97.6 Å². The zero-order valence-corrected chi connectivity index (χ0v) is 10.7. The maximum atomic E-state index is 10.5. The highest BCUT2D eigenvalue weighted by atomic mass is 32.2. The Morgan fingerprint density at radius 3 is 2.83 bits per heavy atom. The average molecular weight is 268 g/mol. The standard InChI is InChI=1S/C10H12N4O3S/c1-13(2)5-7-12-9(10(11)18-7)6-3-4-8(17-6)14(15)16/h3-5,12H,11H2,1-2H3. The van der Waals surface area contributed by atoms with Gasteiger partial charge in [-0.25, -0.2) is 0 Å². The van der Waals surface area contributed by atoms with Crippen LogP contribution < -0.4 is 11.1 Å². The number of nitrogens with one attached hydrogen (secondary N) is 1. The Kier molecular flexibility index (Phi) is 3.19. The van der Waals surface area contributed by atoms with Gasteiger partial charge in [-0.3, -0.25) is 10.1 Å². The third-order valence-electron chi connectivity index (χ3n) is 2.11. The monoisotopic (exact) mass is 268 g/mol. The fourth-order valence-corrected chi connectivity index (χ4v) is 2.32. The summed E-state index contributed by atoms with van der Waals surface area (Å²) < 4.78 is 5.10. The molecule has 1 aliphatic rings. The van der Waals surface area contributed by atoms with Crippen molar-refractivity contribution in [2.45, 2.75) is 0 Å². The Morgan fingerprint density at radius 2 is 2.28 bits per heavy atom. The van der Waals surface area contributed by atoms with Crippen molar-refractivity contribution in [3.8, 4) is 0 Å². The van der Waals surface area contributed by atoms with Crippen LogP contribution in [0.2, 0.25) is 0 Å². The molecule has 1 aromatic heterocycles. The molecule has 8 heteroatoms. The van der Waals surface area contributed by atoms with Crippen molar-refractivity contribution < 1.29 is 9.34 Å². The van der Waals surface area contributed by atoms with Crippen LogP contribution in [-0.2, 0) is 0 Å². The molecule has 2 rings (SSSR count). The minimum absolute atomic E-state index is 0.304. The van der Waals surface area contributed by atoms with Crippen molar-refractivity contribution in [3.05, 3.63) is 44.3 Å². The van der Waals surface area contributed by atoms with E-state index in [0.29, 0.717) is 16.5 Å². The lowest BCUT2D eigenvalue weighted by Gasteiger charge is -2.07. The lowest BCUT2D eigenvalue weighted by Crippen LogP contribution is -2.09. The summed E-state index contributed by atoms with van der Waals surface area (Å²) in [6.07, 6.45) is 1.86. The number of thioether (sulfide) groups is 1. The number of nitrogens with zero attached hydrogens (tertiary/aromatic N) is 2. The van der Waals surface area contributed by atoms with Crippen molar-refractivity contribution in [1.82, 2.24) is 10.2 Å². The molecule has 0 fully saturated rings. The second kappa shape index (κ2) is 4.65. The van der Waals surface area contributed by atoms with E-state index in [9.17, 15) is 10.1 Å². The minimum Gasteiger partial charge on any atom is -0.399 e. The summed E-state index contributed by atoms with van der Waals surface area (Å²) in [5, 5.41) is 15.0. The van der Waals surface area contributed by atoms with Gasteiger partial charge in [0.2, 0.25) is 0 Å². The van der Waals surface area contributed by atoms with Crippen LogP contribution in [0.25, 0.3) is 5.70 Å². The smallest absolute Gasteiger partial charge is 0.399 e. The Hall–Kier alpha value is -2.09. The van der Waals surface area contributed by atoms with E-state index >= 15 is 0 Å². The largest absolute Gasteiger partial charge is 0.433 e. The third kappa shape index (κ3) is 2.43. The maximum Gasteiger partial charge on any atom is 0.433 e. The molecule has 7 nitrogen and oxygen atoms in total. The molecule has 0 aliphatic carbocycles. The number of nitrogens with two attached hydrogens (primary N) is 1. The average Bonchev–Trinajstić information content (AvgIpc) is 2.83. The summed E-state index contributed by atoms with van der Waals surface area (Å²) in [5.74, 6) is 0.0518. The van der Waals surface area contributed by atoms with Gasteiger partial charge in [0.15, 0.2) is 5.76 Å². The fourth-order valence-electron chi connectivity index (χ4n) is 1.42. The van der Waals surface area contributed by atoms with Crippen LogP contribution in [0, 0.1) is 10.1 Å². The molecule has 0 atom stereocenters. The van der Waals surface area contributed by atoms with Crippen molar-refractivity contribution in [2.75, 3.05) is 14.1 Å². The van der Waals surface area contributed by atoms with Crippen molar-refractivity contribution in [3.63, 3.8) is 0 Å². The van der Waals surface area contributed by atoms with E-state index < -0.39 is 4.92 Å². The Bertz CT molecular complexity index is 547. The molecule has 0 radical (unpaired) electrons. The normalized spacial score (nSPS) is 17.1. The maximum absolute atomic E-state index is 10.5. The molecular weight excluding hydrogens is 256 g/mol. The summed E-state index contributed by atoms with van der Waals surface area (Å²) in [6.45, 7) is 0. The van der Waals surface area contributed by atoms with Crippen LogP contribution in [0.5, 0.6) is 0 Å². The van der Waals surface area contributed by atoms with E-state index in [-0.39, 0.29) is 5.88 Å². The van der Waals surface area contributed by atoms with Gasteiger partial charge in [0.1, 0.15) is 10.6 Å². The lowest BCUT2D eigenvalue weighted by molar-refractivity contribution is -0.402. The lowest BCUT2D eigenvalue weighted by atomic mass is 10.3. The molecule has 1 aliphatic heterocycles. The summed E-state index contributed by atoms with van der Waals surface area (Å²) >= 11 is 1.35. The number of furan rings is 1. The molecule has 0 bridgehead atoms. The van der Waals surface area contributed by atoms with Crippen molar-refractivity contribution in [2.24, 2.45) is 5.73 Å². The molecule has 0 amide bonds. The molecule has 18 heavy (non-hydrogen) atoms. The van der Waals surface area contributed by atoms with Crippen molar-refractivity contribution >= 4 is 23.3 Å². The van der Waals surface area contributed by atoms with Crippen LogP contribution >= 0.6 is 11.8 Å². The molecule has 0 aromatic carbocycles. The number of rotatable bonds is 3. The molecule has 0 unspecified atom stereocenters. The highest BCUT2D eigenvalue weighted by Gasteiger charge is 2.23.